The summed E-state index contributed by atoms with van der Waals surface area (Å²) in [5, 5.41) is 0.524. The Morgan fingerprint density at radius 2 is 2.00 bits per heavy atom. The Morgan fingerprint density at radius 1 is 1.18 bits per heavy atom. The topological polar surface area (TPSA) is 56.7 Å². The minimum atomic E-state index is 0.524. The van der Waals surface area contributed by atoms with Crippen molar-refractivity contribution in [1.82, 2.24) is 14.5 Å². The first kappa shape index (κ1) is 10.1. The highest BCUT2D eigenvalue weighted by Gasteiger charge is 2.08. The van der Waals surface area contributed by atoms with Crippen LogP contribution < -0.4 is 5.73 Å². The molecular weight excluding hydrogens is 236 g/mol. The van der Waals surface area contributed by atoms with Crippen LogP contribution in [-0.2, 0) is 0 Å². The van der Waals surface area contributed by atoms with E-state index < -0.39 is 0 Å². The maximum Gasteiger partial charge on any atom is 0.161 e. The van der Waals surface area contributed by atoms with Gasteiger partial charge in [0.15, 0.2) is 5.82 Å². The zero-order valence-electron chi connectivity index (χ0n) is 8.84. The lowest BCUT2D eigenvalue weighted by atomic mass is 10.3. The summed E-state index contributed by atoms with van der Waals surface area (Å²) in [6.07, 6.45) is 3.28. The predicted molar refractivity (Wildman–Crippen MR) is 68.3 cm³/mol. The average molecular weight is 245 g/mol. The highest BCUT2D eigenvalue weighted by atomic mass is 35.5. The summed E-state index contributed by atoms with van der Waals surface area (Å²) in [6, 6.07) is 9.49. The third kappa shape index (κ3) is 1.62. The first-order valence-corrected chi connectivity index (χ1v) is 5.47. The van der Waals surface area contributed by atoms with Crippen LogP contribution in [0.15, 0.2) is 42.9 Å². The molecule has 2 aromatic heterocycles. The van der Waals surface area contributed by atoms with Gasteiger partial charge >= 0.3 is 0 Å². The summed E-state index contributed by atoms with van der Waals surface area (Å²) in [7, 11) is 0. The second-order valence-electron chi connectivity index (χ2n) is 3.67. The van der Waals surface area contributed by atoms with Crippen molar-refractivity contribution in [2.45, 2.75) is 0 Å². The second-order valence-corrected chi connectivity index (χ2v) is 4.11. The van der Waals surface area contributed by atoms with Gasteiger partial charge in [0.1, 0.15) is 6.33 Å². The molecule has 0 saturated carbocycles. The highest BCUT2D eigenvalue weighted by Crippen LogP contribution is 2.22. The van der Waals surface area contributed by atoms with Crippen LogP contribution in [0.4, 0.5) is 5.69 Å². The molecule has 0 spiro atoms. The predicted octanol–water partition coefficient (Wildman–Crippen LogP) is 2.66. The van der Waals surface area contributed by atoms with E-state index in [0.29, 0.717) is 16.5 Å². The highest BCUT2D eigenvalue weighted by molar-refractivity contribution is 6.30. The maximum atomic E-state index is 5.91. The SMILES string of the molecule is Nc1cc(Cl)cnc1-n1cnc2ccccc21. The van der Waals surface area contributed by atoms with Crippen LogP contribution >= 0.6 is 11.6 Å². The first-order chi connectivity index (χ1) is 8.25. The van der Waals surface area contributed by atoms with Gasteiger partial charge < -0.3 is 5.73 Å². The van der Waals surface area contributed by atoms with E-state index in [1.54, 1.807) is 18.6 Å². The Bertz CT molecular complexity index is 690. The third-order valence-electron chi connectivity index (χ3n) is 2.54. The molecule has 84 valence electrons. The number of aromatic nitrogens is 3. The van der Waals surface area contributed by atoms with Crippen molar-refractivity contribution < 1.29 is 0 Å². The van der Waals surface area contributed by atoms with Gasteiger partial charge in [-0.15, -0.1) is 0 Å². The van der Waals surface area contributed by atoms with Crippen molar-refractivity contribution in [2.24, 2.45) is 0 Å². The number of halogens is 1. The molecule has 2 N–H and O–H groups in total. The number of para-hydroxylation sites is 2. The molecule has 2 heterocycles. The second kappa shape index (κ2) is 3.75. The molecule has 0 bridgehead atoms. The number of imidazole rings is 1. The number of hydrogen-bond acceptors (Lipinski definition) is 3. The van der Waals surface area contributed by atoms with E-state index in [-0.39, 0.29) is 0 Å². The standard InChI is InChI=1S/C12H9ClN4/c13-8-5-9(14)12(15-6-8)17-7-16-10-3-1-2-4-11(10)17/h1-7H,14H2. The molecule has 3 aromatic rings. The molecule has 0 radical (unpaired) electrons. The number of pyridine rings is 1. The quantitative estimate of drug-likeness (QED) is 0.716. The van der Waals surface area contributed by atoms with E-state index in [1.165, 1.54) is 0 Å². The Kier molecular flexibility index (Phi) is 2.23. The lowest BCUT2D eigenvalue weighted by Gasteiger charge is -2.06. The number of nitrogens with zero attached hydrogens (tertiary/aromatic N) is 3. The molecule has 4 nitrogen and oxygen atoms in total. The van der Waals surface area contributed by atoms with Gasteiger partial charge in [0.05, 0.1) is 21.7 Å². The first-order valence-electron chi connectivity index (χ1n) is 5.09. The molecule has 17 heavy (non-hydrogen) atoms. The van der Waals surface area contributed by atoms with Crippen molar-refractivity contribution in [1.29, 1.82) is 0 Å². The summed E-state index contributed by atoms with van der Waals surface area (Å²) in [5.74, 6) is 0.642. The molecule has 1 aromatic carbocycles. The van der Waals surface area contributed by atoms with E-state index in [4.69, 9.17) is 17.3 Å². The Morgan fingerprint density at radius 3 is 2.82 bits per heavy atom. The smallest absolute Gasteiger partial charge is 0.161 e. The monoisotopic (exact) mass is 244 g/mol. The number of nitrogens with two attached hydrogens (primary N) is 1. The number of fused-ring (bicyclic) bond motifs is 1. The molecule has 0 amide bonds. The number of nitrogen functional groups attached to an aromatic ring is 1. The van der Waals surface area contributed by atoms with Crippen LogP contribution in [-0.4, -0.2) is 14.5 Å². The van der Waals surface area contributed by atoms with Gasteiger partial charge in [-0.25, -0.2) is 9.97 Å². The normalized spacial score (nSPS) is 10.9. The molecule has 3 rings (SSSR count). The zero-order valence-corrected chi connectivity index (χ0v) is 9.59. The van der Waals surface area contributed by atoms with Crippen LogP contribution in [0.5, 0.6) is 0 Å². The van der Waals surface area contributed by atoms with E-state index in [1.807, 2.05) is 28.8 Å². The van der Waals surface area contributed by atoms with Crippen molar-refractivity contribution >= 4 is 28.3 Å². The summed E-state index contributed by atoms with van der Waals surface area (Å²) >= 11 is 5.83. The third-order valence-corrected chi connectivity index (χ3v) is 2.75. The molecule has 0 aliphatic carbocycles. The van der Waals surface area contributed by atoms with E-state index in [9.17, 15) is 0 Å². The molecule has 5 heteroatoms. The Balaban J connectivity index is 2.27. The maximum absolute atomic E-state index is 5.91. The number of anilines is 1. The zero-order chi connectivity index (χ0) is 11.8. The fraction of sp³-hybridized carbons (Fsp3) is 0. The van der Waals surface area contributed by atoms with E-state index >= 15 is 0 Å². The molecule has 0 saturated heterocycles. The van der Waals surface area contributed by atoms with Gasteiger partial charge in [0, 0.05) is 6.20 Å². The van der Waals surface area contributed by atoms with Crippen LogP contribution in [0.2, 0.25) is 5.02 Å². The Hall–Kier alpha value is -2.07. The van der Waals surface area contributed by atoms with Gasteiger partial charge in [0.25, 0.3) is 0 Å². The number of benzene rings is 1. The van der Waals surface area contributed by atoms with Crippen molar-refractivity contribution in [3.8, 4) is 5.82 Å². The van der Waals surface area contributed by atoms with E-state index in [2.05, 4.69) is 9.97 Å². The van der Waals surface area contributed by atoms with Crippen LogP contribution in [0.3, 0.4) is 0 Å². The van der Waals surface area contributed by atoms with Gasteiger partial charge in [-0.3, -0.25) is 4.57 Å². The summed E-state index contributed by atoms with van der Waals surface area (Å²) in [4.78, 5) is 8.53. The van der Waals surface area contributed by atoms with Gasteiger partial charge in [-0.05, 0) is 18.2 Å². The van der Waals surface area contributed by atoms with E-state index in [0.717, 1.165) is 11.0 Å². The van der Waals surface area contributed by atoms with Crippen LogP contribution in [0, 0.1) is 0 Å². The van der Waals surface area contributed by atoms with Crippen molar-refractivity contribution in [2.75, 3.05) is 5.73 Å². The van der Waals surface area contributed by atoms with Crippen LogP contribution in [0.25, 0.3) is 16.9 Å². The average Bonchev–Trinajstić information content (AvgIpc) is 2.73. The summed E-state index contributed by atoms with van der Waals surface area (Å²) in [6.45, 7) is 0. The summed E-state index contributed by atoms with van der Waals surface area (Å²) < 4.78 is 1.85. The van der Waals surface area contributed by atoms with Crippen LogP contribution in [0.1, 0.15) is 0 Å². The largest absolute Gasteiger partial charge is 0.396 e. The lowest BCUT2D eigenvalue weighted by Crippen LogP contribution is -2.01. The molecule has 0 unspecified atom stereocenters. The molecule has 0 fully saturated rings. The molecule has 0 atom stereocenters. The van der Waals surface area contributed by atoms with Gasteiger partial charge in [0.2, 0.25) is 0 Å². The fourth-order valence-corrected chi connectivity index (χ4v) is 1.94. The summed E-state index contributed by atoms with van der Waals surface area (Å²) in [5.41, 5.74) is 8.31. The molecular formula is C12H9ClN4. The minimum Gasteiger partial charge on any atom is -0.396 e. The van der Waals surface area contributed by atoms with Crippen molar-refractivity contribution in [3.63, 3.8) is 0 Å². The van der Waals surface area contributed by atoms with Crippen molar-refractivity contribution in [3.05, 3.63) is 47.9 Å². The minimum absolute atomic E-state index is 0.524. The lowest BCUT2D eigenvalue weighted by molar-refractivity contribution is 1.03. The number of rotatable bonds is 1. The number of hydrogen-bond donors (Lipinski definition) is 1. The molecule has 0 aliphatic rings. The van der Waals surface area contributed by atoms with Gasteiger partial charge in [-0.1, -0.05) is 23.7 Å². The molecule has 0 aliphatic heterocycles. The fourth-order valence-electron chi connectivity index (χ4n) is 1.78. The Labute approximate surface area is 103 Å². The van der Waals surface area contributed by atoms with Gasteiger partial charge in [-0.2, -0.15) is 0 Å².